The van der Waals surface area contributed by atoms with Crippen LogP contribution in [-0.2, 0) is 9.47 Å². The minimum Gasteiger partial charge on any atom is -0.372 e. The minimum atomic E-state index is -6.93. The fraction of sp³-hybridized carbons (Fsp3) is 0.952. The zero-order valence-corrected chi connectivity index (χ0v) is 21.4. The van der Waals surface area contributed by atoms with Gasteiger partial charge in [0.1, 0.15) is 5.60 Å². The first-order valence-corrected chi connectivity index (χ1v) is 11.1. The summed E-state index contributed by atoms with van der Waals surface area (Å²) < 4.78 is 155. The Labute approximate surface area is 207 Å². The second kappa shape index (κ2) is 11.7. The maximum Gasteiger partial charge on any atom is 0.462 e. The van der Waals surface area contributed by atoms with E-state index in [1.165, 1.54) is 0 Å². The topological polar surface area (TPSA) is 59.6 Å². The van der Waals surface area contributed by atoms with Crippen LogP contribution < -0.4 is 10.6 Å². The van der Waals surface area contributed by atoms with Crippen LogP contribution in [0.2, 0.25) is 0 Å². The SMILES string of the molecule is CC(C)CC(C)NC(=O)NCCC(C)(C)OCC(F)(C(F)(F)F)C(C)(C)OC(F)(F)C(F)(F)C(F)(F)F. The van der Waals surface area contributed by atoms with Crippen LogP contribution in [0.3, 0.4) is 0 Å². The lowest BCUT2D eigenvalue weighted by Gasteiger charge is -2.44. The summed E-state index contributed by atoms with van der Waals surface area (Å²) >= 11 is 0. The second-order valence-corrected chi connectivity index (χ2v) is 10.2. The summed E-state index contributed by atoms with van der Waals surface area (Å²) in [5, 5.41) is 5.01. The van der Waals surface area contributed by atoms with Gasteiger partial charge in [-0.2, -0.15) is 43.9 Å². The standard InChI is InChI=1S/C21H33F11N2O3/c1-12(2)10-13(3)34-14(35)33-9-8-15(4,5)36-11-17(22,19(25,26)27)16(6,7)37-21(31,32)18(23,24)20(28,29)30/h12-13H,8-11H2,1-7H3,(H2,33,34,35). The van der Waals surface area contributed by atoms with E-state index in [1.54, 1.807) is 6.92 Å². The number of alkyl halides is 11. The number of carbonyl (C=O) groups is 1. The summed E-state index contributed by atoms with van der Waals surface area (Å²) in [4.78, 5) is 11.9. The van der Waals surface area contributed by atoms with Crippen molar-refractivity contribution in [3.8, 4) is 0 Å². The molecule has 2 unspecified atom stereocenters. The van der Waals surface area contributed by atoms with Crippen molar-refractivity contribution >= 4 is 6.03 Å². The van der Waals surface area contributed by atoms with E-state index in [4.69, 9.17) is 4.74 Å². The highest BCUT2D eigenvalue weighted by Gasteiger charge is 2.78. The summed E-state index contributed by atoms with van der Waals surface area (Å²) in [7, 11) is 0. The van der Waals surface area contributed by atoms with Crippen molar-refractivity contribution in [3.05, 3.63) is 0 Å². The predicted molar refractivity (Wildman–Crippen MR) is 111 cm³/mol. The zero-order chi connectivity index (χ0) is 29.9. The number of ether oxygens (including phenoxy) is 2. The van der Waals surface area contributed by atoms with E-state index in [-0.39, 0.29) is 38.8 Å². The lowest BCUT2D eigenvalue weighted by atomic mass is 9.86. The van der Waals surface area contributed by atoms with E-state index in [0.717, 1.165) is 13.8 Å². The normalized spacial score (nSPS) is 16.9. The highest BCUT2D eigenvalue weighted by molar-refractivity contribution is 5.74. The average molecular weight is 570 g/mol. The van der Waals surface area contributed by atoms with Gasteiger partial charge in [-0.15, -0.1) is 0 Å². The molecule has 16 heteroatoms. The second-order valence-electron chi connectivity index (χ2n) is 10.2. The van der Waals surface area contributed by atoms with Crippen molar-refractivity contribution < 1.29 is 62.6 Å². The molecule has 0 radical (unpaired) electrons. The number of rotatable bonds is 13. The highest BCUT2D eigenvalue weighted by Crippen LogP contribution is 2.52. The van der Waals surface area contributed by atoms with E-state index in [1.807, 2.05) is 13.8 Å². The predicted octanol–water partition coefficient (Wildman–Crippen LogP) is 6.76. The van der Waals surface area contributed by atoms with Crippen LogP contribution in [0, 0.1) is 5.92 Å². The number of hydrogen-bond acceptors (Lipinski definition) is 3. The van der Waals surface area contributed by atoms with Crippen LogP contribution in [0.25, 0.3) is 0 Å². The Hall–Kier alpha value is -1.58. The number of hydrogen-bond donors (Lipinski definition) is 2. The third-order valence-electron chi connectivity index (χ3n) is 5.39. The average Bonchev–Trinajstić information content (AvgIpc) is 2.62. The van der Waals surface area contributed by atoms with E-state index in [9.17, 15) is 48.7 Å². The largest absolute Gasteiger partial charge is 0.462 e. The van der Waals surface area contributed by atoms with Gasteiger partial charge in [-0.1, -0.05) is 13.8 Å². The van der Waals surface area contributed by atoms with Crippen LogP contribution >= 0.6 is 0 Å². The molecule has 0 aromatic rings. The molecule has 0 aromatic heterocycles. The van der Waals surface area contributed by atoms with Gasteiger partial charge in [0.05, 0.1) is 12.2 Å². The van der Waals surface area contributed by atoms with E-state index in [2.05, 4.69) is 15.4 Å². The lowest BCUT2D eigenvalue weighted by Crippen LogP contribution is -2.66. The van der Waals surface area contributed by atoms with Gasteiger partial charge in [0.15, 0.2) is 0 Å². The third kappa shape index (κ3) is 9.29. The van der Waals surface area contributed by atoms with Gasteiger partial charge in [-0.05, 0) is 53.4 Å². The molecular formula is C21H33F11N2O3. The molecule has 0 rings (SSSR count). The molecule has 2 N–H and O–H groups in total. The van der Waals surface area contributed by atoms with Crippen molar-refractivity contribution in [1.29, 1.82) is 0 Å². The van der Waals surface area contributed by atoms with Crippen molar-refractivity contribution in [2.24, 2.45) is 5.92 Å². The van der Waals surface area contributed by atoms with Crippen LogP contribution in [0.4, 0.5) is 53.1 Å². The third-order valence-corrected chi connectivity index (χ3v) is 5.39. The number of urea groups is 1. The Balaban J connectivity index is 5.50. The summed E-state index contributed by atoms with van der Waals surface area (Å²) in [5.74, 6) is -6.65. The molecule has 5 nitrogen and oxygen atoms in total. The highest BCUT2D eigenvalue weighted by atomic mass is 19.4. The van der Waals surface area contributed by atoms with Gasteiger partial charge in [0, 0.05) is 12.6 Å². The summed E-state index contributed by atoms with van der Waals surface area (Å²) in [6.07, 6.45) is -19.1. The number of amides is 2. The minimum absolute atomic E-state index is 0.0541. The molecule has 0 aliphatic heterocycles. The van der Waals surface area contributed by atoms with Crippen molar-refractivity contribution in [3.63, 3.8) is 0 Å². The molecule has 0 heterocycles. The van der Waals surface area contributed by atoms with Crippen molar-refractivity contribution in [2.75, 3.05) is 13.2 Å². The van der Waals surface area contributed by atoms with Gasteiger partial charge in [-0.3, -0.25) is 0 Å². The molecule has 0 aliphatic carbocycles. The first-order valence-electron chi connectivity index (χ1n) is 11.1. The quantitative estimate of drug-likeness (QED) is 0.241. The fourth-order valence-electron chi connectivity index (χ4n) is 3.11. The molecule has 0 fully saturated rings. The van der Waals surface area contributed by atoms with Crippen LogP contribution in [0.5, 0.6) is 0 Å². The van der Waals surface area contributed by atoms with Gasteiger partial charge in [0.25, 0.3) is 5.67 Å². The van der Waals surface area contributed by atoms with E-state index in [0.29, 0.717) is 6.42 Å². The first kappa shape index (κ1) is 35.4. The summed E-state index contributed by atoms with van der Waals surface area (Å²) in [5.41, 5.74) is -10.6. The molecule has 0 bridgehead atoms. The number of halogens is 11. The first-order chi connectivity index (χ1) is 16.1. The maximum absolute atomic E-state index is 15.2. The van der Waals surface area contributed by atoms with Gasteiger partial charge < -0.3 is 20.1 Å². The van der Waals surface area contributed by atoms with Gasteiger partial charge >= 0.3 is 30.4 Å². The zero-order valence-electron chi connectivity index (χ0n) is 21.4. The smallest absolute Gasteiger partial charge is 0.372 e. The fourth-order valence-corrected chi connectivity index (χ4v) is 3.11. The number of nitrogens with one attached hydrogen (secondary N) is 2. The molecule has 2 amide bonds. The van der Waals surface area contributed by atoms with Gasteiger partial charge in [-0.25, -0.2) is 9.18 Å². The van der Waals surface area contributed by atoms with E-state index >= 15 is 4.39 Å². The molecular weight excluding hydrogens is 537 g/mol. The molecule has 0 aliphatic rings. The monoisotopic (exact) mass is 570 g/mol. The van der Waals surface area contributed by atoms with Crippen LogP contribution in [-0.4, -0.2) is 66.5 Å². The number of carbonyl (C=O) groups excluding carboxylic acids is 1. The Kier molecular flexibility index (Phi) is 11.2. The molecule has 0 aromatic carbocycles. The lowest BCUT2D eigenvalue weighted by molar-refractivity contribution is -0.456. The van der Waals surface area contributed by atoms with Crippen LogP contribution in [0.1, 0.15) is 61.3 Å². The van der Waals surface area contributed by atoms with Gasteiger partial charge in [0.2, 0.25) is 0 Å². The molecule has 37 heavy (non-hydrogen) atoms. The maximum atomic E-state index is 15.2. The van der Waals surface area contributed by atoms with E-state index < -0.39 is 53.9 Å². The Morgan fingerprint density at radius 3 is 1.70 bits per heavy atom. The summed E-state index contributed by atoms with van der Waals surface area (Å²) in [6, 6.07) is -0.810. The Morgan fingerprint density at radius 1 is 0.811 bits per heavy atom. The van der Waals surface area contributed by atoms with Crippen molar-refractivity contribution in [2.45, 2.75) is 109 Å². The molecule has 222 valence electrons. The molecule has 2 atom stereocenters. The molecule has 0 spiro atoms. The van der Waals surface area contributed by atoms with Crippen LogP contribution in [0.15, 0.2) is 0 Å². The Bertz CT molecular complexity index is 753. The Morgan fingerprint density at radius 2 is 1.30 bits per heavy atom. The molecule has 0 saturated carbocycles. The molecule has 0 saturated heterocycles. The summed E-state index contributed by atoms with van der Waals surface area (Å²) in [6.45, 7) is 5.52. The van der Waals surface area contributed by atoms with Crippen molar-refractivity contribution in [1.82, 2.24) is 10.6 Å².